The zero-order valence-electron chi connectivity index (χ0n) is 20.9. The van der Waals surface area contributed by atoms with Crippen molar-refractivity contribution in [3.05, 3.63) is 33.4 Å². The lowest BCUT2D eigenvalue weighted by molar-refractivity contribution is -0.386. The molecule has 1 aromatic carbocycles. The number of aromatic carboxylic acids is 1. The Kier molecular flexibility index (Phi) is 16.1. The highest BCUT2D eigenvalue weighted by molar-refractivity contribution is 5.91. The number of benzene rings is 1. The van der Waals surface area contributed by atoms with Crippen molar-refractivity contribution < 1.29 is 19.6 Å². The number of nitro benzene ring substituents is 1. The number of carboxylic acid groups (broad SMARTS) is 1. The summed E-state index contributed by atoms with van der Waals surface area (Å²) in [6, 6.07) is 2.81. The van der Waals surface area contributed by atoms with Crippen LogP contribution < -0.4 is 4.74 Å². The molecule has 0 amide bonds. The average Bonchev–Trinajstić information content (AvgIpc) is 2.80. The van der Waals surface area contributed by atoms with Gasteiger partial charge in [0.25, 0.3) is 0 Å². The van der Waals surface area contributed by atoms with Crippen LogP contribution in [0, 0.1) is 10.1 Å². The summed E-state index contributed by atoms with van der Waals surface area (Å²) in [4.78, 5) is 22.3. The second-order valence-corrected chi connectivity index (χ2v) is 9.01. The zero-order chi connectivity index (χ0) is 24.3. The van der Waals surface area contributed by atoms with E-state index in [1.807, 2.05) is 0 Å². The van der Waals surface area contributed by atoms with E-state index in [1.54, 1.807) is 6.92 Å². The molecule has 0 saturated heterocycles. The lowest BCUT2D eigenvalue weighted by atomic mass is 10.0. The Morgan fingerprint density at radius 1 is 0.818 bits per heavy atom. The predicted molar refractivity (Wildman–Crippen MR) is 134 cm³/mol. The highest BCUT2D eigenvalue weighted by atomic mass is 16.6. The maximum absolute atomic E-state index is 11.5. The van der Waals surface area contributed by atoms with Crippen LogP contribution in [0.25, 0.3) is 0 Å². The summed E-state index contributed by atoms with van der Waals surface area (Å²) in [7, 11) is 0. The Hall–Kier alpha value is -2.11. The third kappa shape index (κ3) is 12.1. The smallest absolute Gasteiger partial charge is 0.336 e. The SMILES string of the molecule is CCCCCCCCCCCCCCCCCCOc1ccc(C(=O)O)c(CC)c1[N+](=O)[O-]. The number of carboxylic acids is 1. The van der Waals surface area contributed by atoms with Crippen LogP contribution in [0.3, 0.4) is 0 Å². The minimum absolute atomic E-state index is 0.0287. The van der Waals surface area contributed by atoms with Gasteiger partial charge in [0.2, 0.25) is 0 Å². The van der Waals surface area contributed by atoms with Crippen LogP contribution in [0.15, 0.2) is 12.1 Å². The van der Waals surface area contributed by atoms with Crippen molar-refractivity contribution in [2.24, 2.45) is 0 Å². The standard InChI is InChI=1S/C27H45NO5/c1-3-5-6-7-8-9-10-11-12-13-14-15-16-17-18-19-22-33-25-21-20-24(27(29)30)23(4-2)26(25)28(31)32/h20-21H,3-19,22H2,1-2H3,(H,29,30). The molecular weight excluding hydrogens is 418 g/mol. The summed E-state index contributed by atoms with van der Waals surface area (Å²) < 4.78 is 5.66. The van der Waals surface area contributed by atoms with Gasteiger partial charge < -0.3 is 9.84 Å². The molecule has 0 spiro atoms. The zero-order valence-corrected chi connectivity index (χ0v) is 20.9. The summed E-state index contributed by atoms with van der Waals surface area (Å²) >= 11 is 0. The number of carbonyl (C=O) groups is 1. The number of hydrogen-bond donors (Lipinski definition) is 1. The van der Waals surface area contributed by atoms with Crippen LogP contribution in [0.1, 0.15) is 133 Å². The van der Waals surface area contributed by atoms with Gasteiger partial charge in [-0.25, -0.2) is 4.79 Å². The Morgan fingerprint density at radius 2 is 1.27 bits per heavy atom. The lowest BCUT2D eigenvalue weighted by Crippen LogP contribution is -2.08. The molecule has 1 aromatic rings. The quantitative estimate of drug-likeness (QED) is 0.112. The first-order valence-corrected chi connectivity index (χ1v) is 13.2. The second kappa shape index (κ2) is 18.3. The minimum atomic E-state index is -1.15. The van der Waals surface area contributed by atoms with E-state index >= 15 is 0 Å². The summed E-state index contributed by atoms with van der Waals surface area (Å²) in [5.74, 6) is -0.984. The second-order valence-electron chi connectivity index (χ2n) is 9.01. The lowest BCUT2D eigenvalue weighted by Gasteiger charge is -2.11. The van der Waals surface area contributed by atoms with Crippen molar-refractivity contribution in [1.29, 1.82) is 0 Å². The van der Waals surface area contributed by atoms with Crippen LogP contribution in [0.2, 0.25) is 0 Å². The molecule has 0 unspecified atom stereocenters. The molecule has 1 rings (SSSR count). The van der Waals surface area contributed by atoms with Gasteiger partial charge in [0, 0.05) is 5.56 Å². The monoisotopic (exact) mass is 463 g/mol. The van der Waals surface area contributed by atoms with Gasteiger partial charge in [-0.05, 0) is 25.0 Å². The molecule has 0 fully saturated rings. The van der Waals surface area contributed by atoms with E-state index in [4.69, 9.17) is 4.74 Å². The van der Waals surface area contributed by atoms with Gasteiger partial charge in [0.15, 0.2) is 5.75 Å². The van der Waals surface area contributed by atoms with Gasteiger partial charge in [-0.1, -0.05) is 110 Å². The largest absolute Gasteiger partial charge is 0.487 e. The average molecular weight is 464 g/mol. The van der Waals surface area contributed by atoms with Crippen molar-refractivity contribution in [3.8, 4) is 5.75 Å². The fourth-order valence-corrected chi connectivity index (χ4v) is 4.32. The first-order valence-electron chi connectivity index (χ1n) is 13.2. The molecule has 1 N–H and O–H groups in total. The van der Waals surface area contributed by atoms with Gasteiger partial charge >= 0.3 is 11.7 Å². The highest BCUT2D eigenvalue weighted by Crippen LogP contribution is 2.34. The van der Waals surface area contributed by atoms with E-state index in [1.165, 1.54) is 95.6 Å². The van der Waals surface area contributed by atoms with Gasteiger partial charge in [0.05, 0.1) is 17.1 Å². The normalized spacial score (nSPS) is 11.0. The van der Waals surface area contributed by atoms with Crippen molar-refractivity contribution >= 4 is 11.7 Å². The Morgan fingerprint density at radius 3 is 1.67 bits per heavy atom. The first-order chi connectivity index (χ1) is 16.0. The van der Waals surface area contributed by atoms with E-state index in [2.05, 4.69) is 6.92 Å². The Balaban J connectivity index is 2.10. The number of nitrogens with zero attached hydrogens (tertiary/aromatic N) is 1. The fourth-order valence-electron chi connectivity index (χ4n) is 4.32. The maximum Gasteiger partial charge on any atom is 0.336 e. The first kappa shape index (κ1) is 28.9. The molecule has 0 saturated carbocycles. The van der Waals surface area contributed by atoms with Crippen LogP contribution in [0.4, 0.5) is 5.69 Å². The summed E-state index contributed by atoms with van der Waals surface area (Å²) in [6.07, 6.45) is 20.9. The van der Waals surface area contributed by atoms with Crippen molar-refractivity contribution in [3.63, 3.8) is 0 Å². The Labute approximate surface area is 200 Å². The van der Waals surface area contributed by atoms with Crippen LogP contribution in [0.5, 0.6) is 5.75 Å². The molecule has 0 aliphatic heterocycles. The van der Waals surface area contributed by atoms with E-state index in [0.717, 1.165) is 19.3 Å². The van der Waals surface area contributed by atoms with Crippen LogP contribution >= 0.6 is 0 Å². The van der Waals surface area contributed by atoms with Crippen LogP contribution in [-0.4, -0.2) is 22.6 Å². The Bertz CT molecular complexity index is 689. The van der Waals surface area contributed by atoms with E-state index in [-0.39, 0.29) is 29.0 Å². The fraction of sp³-hybridized carbons (Fsp3) is 0.741. The maximum atomic E-state index is 11.5. The van der Waals surface area contributed by atoms with Gasteiger partial charge in [-0.15, -0.1) is 0 Å². The minimum Gasteiger partial charge on any atom is -0.487 e. The molecule has 6 nitrogen and oxygen atoms in total. The highest BCUT2D eigenvalue weighted by Gasteiger charge is 2.25. The van der Waals surface area contributed by atoms with Gasteiger partial charge in [0.1, 0.15) is 0 Å². The molecule has 6 heteroatoms. The predicted octanol–water partition coefficient (Wildman–Crippen LogP) is 8.50. The number of nitro groups is 1. The van der Waals surface area contributed by atoms with Crippen LogP contribution in [-0.2, 0) is 6.42 Å². The molecule has 0 aliphatic carbocycles. The van der Waals surface area contributed by atoms with E-state index in [9.17, 15) is 20.0 Å². The van der Waals surface area contributed by atoms with Crippen molar-refractivity contribution in [2.45, 2.75) is 123 Å². The van der Waals surface area contributed by atoms with E-state index < -0.39 is 10.9 Å². The van der Waals surface area contributed by atoms with Crippen molar-refractivity contribution in [2.75, 3.05) is 6.61 Å². The number of ether oxygens (including phenoxy) is 1. The number of unbranched alkanes of at least 4 members (excludes halogenated alkanes) is 15. The molecular formula is C27H45NO5. The topological polar surface area (TPSA) is 89.7 Å². The van der Waals surface area contributed by atoms with Gasteiger partial charge in [-0.3, -0.25) is 10.1 Å². The summed E-state index contributed by atoms with van der Waals surface area (Å²) in [5.41, 5.74) is -0.0233. The molecule has 0 bridgehead atoms. The molecule has 0 atom stereocenters. The molecule has 0 radical (unpaired) electrons. The number of rotatable bonds is 21. The summed E-state index contributed by atoms with van der Waals surface area (Å²) in [6.45, 7) is 4.39. The summed E-state index contributed by atoms with van der Waals surface area (Å²) in [5, 5.41) is 20.8. The molecule has 188 valence electrons. The molecule has 33 heavy (non-hydrogen) atoms. The van der Waals surface area contributed by atoms with E-state index in [0.29, 0.717) is 6.61 Å². The number of hydrogen-bond acceptors (Lipinski definition) is 4. The van der Waals surface area contributed by atoms with Crippen molar-refractivity contribution in [1.82, 2.24) is 0 Å². The van der Waals surface area contributed by atoms with Gasteiger partial charge in [-0.2, -0.15) is 0 Å². The third-order valence-corrected chi connectivity index (χ3v) is 6.27. The molecule has 0 aromatic heterocycles. The molecule has 0 aliphatic rings. The molecule has 0 heterocycles. The third-order valence-electron chi connectivity index (χ3n) is 6.27.